The fourth-order valence-electron chi connectivity index (χ4n) is 2.13. The van der Waals surface area contributed by atoms with Gasteiger partial charge in [-0.25, -0.2) is 0 Å². The molecule has 0 N–H and O–H groups in total. The van der Waals surface area contributed by atoms with E-state index in [2.05, 4.69) is 6.92 Å². The molecular formula is C14H26O2. The van der Waals surface area contributed by atoms with Crippen LogP contribution >= 0.6 is 0 Å². The average Bonchev–Trinajstić information content (AvgIpc) is 2.82. The van der Waals surface area contributed by atoms with Crippen LogP contribution in [0, 0.1) is 5.41 Å². The van der Waals surface area contributed by atoms with E-state index in [1.807, 2.05) is 20.8 Å². The predicted octanol–water partition coefficient (Wildman–Crippen LogP) is 4.08. The summed E-state index contributed by atoms with van der Waals surface area (Å²) in [7, 11) is 0. The highest BCUT2D eigenvalue weighted by Gasteiger charge is 2.44. The van der Waals surface area contributed by atoms with E-state index >= 15 is 0 Å². The molecule has 16 heavy (non-hydrogen) atoms. The number of rotatable bonds is 6. The van der Waals surface area contributed by atoms with E-state index in [9.17, 15) is 4.79 Å². The topological polar surface area (TPSA) is 26.3 Å². The SMILES string of the molecule is CCCCCC1(CC(=O)OC(C)(C)C)CC1. The first-order valence-corrected chi connectivity index (χ1v) is 6.59. The standard InChI is InChI=1S/C14H26O2/c1-5-6-7-8-14(9-10-14)11-12(15)16-13(2,3)4/h5-11H2,1-4H3. The van der Waals surface area contributed by atoms with Crippen molar-refractivity contribution < 1.29 is 9.53 Å². The van der Waals surface area contributed by atoms with E-state index in [1.165, 1.54) is 38.5 Å². The van der Waals surface area contributed by atoms with Gasteiger partial charge in [0, 0.05) is 0 Å². The number of carbonyl (C=O) groups is 1. The van der Waals surface area contributed by atoms with Gasteiger partial charge in [0.2, 0.25) is 0 Å². The molecule has 2 heteroatoms. The lowest BCUT2D eigenvalue weighted by Gasteiger charge is -2.22. The molecule has 0 unspecified atom stereocenters. The van der Waals surface area contributed by atoms with Crippen LogP contribution in [0.1, 0.15) is 72.6 Å². The molecule has 0 atom stereocenters. The lowest BCUT2D eigenvalue weighted by molar-refractivity contribution is -0.156. The van der Waals surface area contributed by atoms with E-state index < -0.39 is 0 Å². The molecule has 0 aromatic rings. The Morgan fingerprint density at radius 3 is 2.31 bits per heavy atom. The normalized spacial score (nSPS) is 18.2. The molecule has 1 aliphatic rings. The Morgan fingerprint density at radius 1 is 1.25 bits per heavy atom. The van der Waals surface area contributed by atoms with Gasteiger partial charge in [-0.15, -0.1) is 0 Å². The Bertz CT molecular complexity index is 234. The molecule has 1 rings (SSSR count). The molecule has 0 amide bonds. The van der Waals surface area contributed by atoms with Gasteiger partial charge in [0.1, 0.15) is 5.60 Å². The minimum atomic E-state index is -0.337. The highest BCUT2D eigenvalue weighted by Crippen LogP contribution is 2.53. The molecule has 0 bridgehead atoms. The number of ether oxygens (including phenoxy) is 1. The molecule has 94 valence electrons. The summed E-state index contributed by atoms with van der Waals surface area (Å²) in [5.41, 5.74) is -0.0198. The number of esters is 1. The zero-order valence-electron chi connectivity index (χ0n) is 11.3. The lowest BCUT2D eigenvalue weighted by atomic mass is 9.95. The fraction of sp³-hybridized carbons (Fsp3) is 0.929. The van der Waals surface area contributed by atoms with Gasteiger partial charge in [0.05, 0.1) is 6.42 Å². The summed E-state index contributed by atoms with van der Waals surface area (Å²) in [4.78, 5) is 11.7. The monoisotopic (exact) mass is 226 g/mol. The number of hydrogen-bond acceptors (Lipinski definition) is 2. The van der Waals surface area contributed by atoms with Crippen molar-refractivity contribution in [3.63, 3.8) is 0 Å². The second kappa shape index (κ2) is 5.20. The molecule has 1 fully saturated rings. The third-order valence-corrected chi connectivity index (χ3v) is 3.21. The van der Waals surface area contributed by atoms with Crippen LogP contribution in [0.2, 0.25) is 0 Å². The Balaban J connectivity index is 2.27. The Morgan fingerprint density at radius 2 is 1.88 bits per heavy atom. The van der Waals surface area contributed by atoms with Crippen molar-refractivity contribution in [1.82, 2.24) is 0 Å². The van der Waals surface area contributed by atoms with Gasteiger partial charge in [-0.05, 0) is 45.4 Å². The molecule has 1 aliphatic carbocycles. The number of hydrogen-bond donors (Lipinski definition) is 0. The molecular weight excluding hydrogens is 200 g/mol. The quantitative estimate of drug-likeness (QED) is 0.504. The maximum atomic E-state index is 11.7. The van der Waals surface area contributed by atoms with Crippen molar-refractivity contribution in [2.24, 2.45) is 5.41 Å². The second-order valence-electron chi connectivity index (χ2n) is 6.22. The molecule has 0 radical (unpaired) electrons. The zero-order valence-corrected chi connectivity index (χ0v) is 11.3. The highest BCUT2D eigenvalue weighted by molar-refractivity contribution is 5.71. The Labute approximate surface area is 99.8 Å². The molecule has 0 aliphatic heterocycles. The van der Waals surface area contributed by atoms with Gasteiger partial charge in [0.25, 0.3) is 0 Å². The van der Waals surface area contributed by atoms with Crippen LogP contribution < -0.4 is 0 Å². The van der Waals surface area contributed by atoms with Crippen LogP contribution in [-0.2, 0) is 9.53 Å². The summed E-state index contributed by atoms with van der Waals surface area (Å²) < 4.78 is 5.38. The molecule has 0 heterocycles. The molecule has 0 aromatic heterocycles. The molecule has 2 nitrogen and oxygen atoms in total. The molecule has 1 saturated carbocycles. The maximum Gasteiger partial charge on any atom is 0.306 e. The molecule has 0 spiro atoms. The maximum absolute atomic E-state index is 11.7. The molecule has 0 saturated heterocycles. The van der Waals surface area contributed by atoms with E-state index in [0.29, 0.717) is 11.8 Å². The number of unbranched alkanes of at least 4 members (excludes halogenated alkanes) is 2. The Kier molecular flexibility index (Phi) is 4.40. The third kappa shape index (κ3) is 5.00. The summed E-state index contributed by atoms with van der Waals surface area (Å²) in [6, 6.07) is 0. The minimum Gasteiger partial charge on any atom is -0.460 e. The van der Waals surface area contributed by atoms with Crippen molar-refractivity contribution in [3.05, 3.63) is 0 Å². The average molecular weight is 226 g/mol. The van der Waals surface area contributed by atoms with Crippen LogP contribution in [0.3, 0.4) is 0 Å². The van der Waals surface area contributed by atoms with Crippen LogP contribution in [0.4, 0.5) is 0 Å². The lowest BCUT2D eigenvalue weighted by Crippen LogP contribution is -2.25. The second-order valence-corrected chi connectivity index (χ2v) is 6.22. The van der Waals surface area contributed by atoms with Crippen LogP contribution in [0.15, 0.2) is 0 Å². The summed E-state index contributed by atoms with van der Waals surface area (Å²) in [5, 5.41) is 0. The predicted molar refractivity (Wildman–Crippen MR) is 66.3 cm³/mol. The van der Waals surface area contributed by atoms with E-state index in [0.717, 1.165) is 0 Å². The first-order chi connectivity index (χ1) is 7.37. The van der Waals surface area contributed by atoms with E-state index in [4.69, 9.17) is 4.74 Å². The summed E-state index contributed by atoms with van der Waals surface area (Å²) in [6.45, 7) is 8.01. The van der Waals surface area contributed by atoms with Gasteiger partial charge in [-0.2, -0.15) is 0 Å². The van der Waals surface area contributed by atoms with E-state index in [-0.39, 0.29) is 11.6 Å². The van der Waals surface area contributed by atoms with Gasteiger partial charge in [-0.3, -0.25) is 4.79 Å². The fourth-order valence-corrected chi connectivity index (χ4v) is 2.13. The van der Waals surface area contributed by atoms with Crippen molar-refractivity contribution in [2.45, 2.75) is 78.2 Å². The highest BCUT2D eigenvalue weighted by atomic mass is 16.6. The smallest absolute Gasteiger partial charge is 0.306 e. The first-order valence-electron chi connectivity index (χ1n) is 6.59. The van der Waals surface area contributed by atoms with Crippen molar-refractivity contribution in [3.8, 4) is 0 Å². The van der Waals surface area contributed by atoms with Crippen LogP contribution in [-0.4, -0.2) is 11.6 Å². The third-order valence-electron chi connectivity index (χ3n) is 3.21. The zero-order chi connectivity index (χ0) is 12.2. The molecule has 0 aromatic carbocycles. The largest absolute Gasteiger partial charge is 0.460 e. The summed E-state index contributed by atoms with van der Waals surface area (Å²) in [5.74, 6) is -0.0125. The number of carbonyl (C=O) groups excluding carboxylic acids is 1. The van der Waals surface area contributed by atoms with Gasteiger partial charge in [-0.1, -0.05) is 26.2 Å². The van der Waals surface area contributed by atoms with Crippen molar-refractivity contribution in [1.29, 1.82) is 0 Å². The van der Waals surface area contributed by atoms with Crippen LogP contribution in [0.5, 0.6) is 0 Å². The van der Waals surface area contributed by atoms with Gasteiger partial charge >= 0.3 is 5.97 Å². The van der Waals surface area contributed by atoms with Crippen LogP contribution in [0.25, 0.3) is 0 Å². The summed E-state index contributed by atoms with van der Waals surface area (Å²) in [6.07, 6.45) is 8.08. The van der Waals surface area contributed by atoms with Crippen molar-refractivity contribution in [2.75, 3.05) is 0 Å². The van der Waals surface area contributed by atoms with Gasteiger partial charge < -0.3 is 4.74 Å². The Hall–Kier alpha value is -0.530. The minimum absolute atomic E-state index is 0.0125. The summed E-state index contributed by atoms with van der Waals surface area (Å²) >= 11 is 0. The van der Waals surface area contributed by atoms with Gasteiger partial charge in [0.15, 0.2) is 0 Å². The first kappa shape index (κ1) is 13.5. The van der Waals surface area contributed by atoms with Crippen molar-refractivity contribution >= 4 is 5.97 Å². The van der Waals surface area contributed by atoms with E-state index in [1.54, 1.807) is 0 Å².